The summed E-state index contributed by atoms with van der Waals surface area (Å²) in [7, 11) is 1.53. The molecule has 0 unspecified atom stereocenters. The third-order valence-corrected chi connectivity index (χ3v) is 4.36. The van der Waals surface area contributed by atoms with E-state index in [1.807, 2.05) is 37.4 Å². The number of rotatable bonds is 6. The topological polar surface area (TPSA) is 75.7 Å². The van der Waals surface area contributed by atoms with Crippen LogP contribution in [-0.4, -0.2) is 30.8 Å². The fourth-order valence-electron chi connectivity index (χ4n) is 2.56. The number of benzene rings is 2. The number of H-pyrrole nitrogens is 1. The molecule has 0 bridgehead atoms. The van der Waals surface area contributed by atoms with E-state index < -0.39 is 0 Å². The number of carbonyl (C=O) groups is 1. The third-order valence-electron chi connectivity index (χ3n) is 3.77. The number of halogens is 1. The number of ether oxygens (including phenoxy) is 2. The number of nitrogens with one attached hydrogen (secondary N) is 2. The molecule has 0 fully saturated rings. The minimum absolute atomic E-state index is 0.344. The van der Waals surface area contributed by atoms with Crippen molar-refractivity contribution in [3.05, 3.63) is 58.2 Å². The van der Waals surface area contributed by atoms with Gasteiger partial charge in [-0.1, -0.05) is 18.2 Å². The number of hydrogen-bond acceptors (Lipinski definition) is 4. The van der Waals surface area contributed by atoms with Crippen LogP contribution < -0.4 is 14.9 Å². The van der Waals surface area contributed by atoms with E-state index in [0.717, 1.165) is 16.5 Å². The maximum absolute atomic E-state index is 12.4. The van der Waals surface area contributed by atoms with Crippen molar-refractivity contribution < 1.29 is 14.3 Å². The van der Waals surface area contributed by atoms with Gasteiger partial charge in [-0.3, -0.25) is 4.79 Å². The van der Waals surface area contributed by atoms with Gasteiger partial charge >= 0.3 is 0 Å². The molecule has 1 aromatic heterocycles. The molecule has 0 saturated heterocycles. The summed E-state index contributed by atoms with van der Waals surface area (Å²) < 4.78 is 11.5. The summed E-state index contributed by atoms with van der Waals surface area (Å²) in [6.45, 7) is 2.38. The van der Waals surface area contributed by atoms with Crippen LogP contribution in [0.3, 0.4) is 0 Å². The number of methoxy groups -OCH3 is 1. The molecule has 7 heteroatoms. The Hall–Kier alpha value is -2.80. The molecule has 3 aromatic rings. The van der Waals surface area contributed by atoms with Gasteiger partial charge in [-0.15, -0.1) is 0 Å². The van der Waals surface area contributed by atoms with E-state index in [-0.39, 0.29) is 5.91 Å². The first kappa shape index (κ1) is 18.0. The molecule has 0 aliphatic rings. The van der Waals surface area contributed by atoms with Crippen LogP contribution in [0.5, 0.6) is 11.5 Å². The number of para-hydroxylation sites is 1. The lowest BCUT2D eigenvalue weighted by Crippen LogP contribution is -2.17. The van der Waals surface area contributed by atoms with E-state index in [1.54, 1.807) is 18.3 Å². The van der Waals surface area contributed by atoms with Crippen LogP contribution in [0.25, 0.3) is 10.9 Å². The zero-order valence-corrected chi connectivity index (χ0v) is 16.0. The Balaban J connectivity index is 1.76. The van der Waals surface area contributed by atoms with Gasteiger partial charge in [0, 0.05) is 28.2 Å². The number of fused-ring (bicyclic) bond motifs is 1. The van der Waals surface area contributed by atoms with Crippen LogP contribution in [-0.2, 0) is 0 Å². The molecule has 0 spiro atoms. The molecule has 2 aromatic carbocycles. The highest BCUT2D eigenvalue weighted by molar-refractivity contribution is 9.10. The number of hydrogen-bond donors (Lipinski definition) is 2. The van der Waals surface area contributed by atoms with Crippen molar-refractivity contribution in [3.8, 4) is 11.5 Å². The first-order chi connectivity index (χ1) is 12.6. The molecule has 0 atom stereocenters. The quantitative estimate of drug-likeness (QED) is 0.469. The minimum Gasteiger partial charge on any atom is -0.493 e. The summed E-state index contributed by atoms with van der Waals surface area (Å²) in [6.07, 6.45) is 3.45. The number of hydrazone groups is 1. The molecule has 0 radical (unpaired) electrons. The lowest BCUT2D eigenvalue weighted by Gasteiger charge is -2.12. The first-order valence-electron chi connectivity index (χ1n) is 8.04. The highest BCUT2D eigenvalue weighted by atomic mass is 79.9. The van der Waals surface area contributed by atoms with Gasteiger partial charge in [-0.2, -0.15) is 5.10 Å². The van der Waals surface area contributed by atoms with E-state index in [1.165, 1.54) is 7.11 Å². The second kappa shape index (κ2) is 8.05. The van der Waals surface area contributed by atoms with E-state index >= 15 is 0 Å². The number of nitrogens with zero attached hydrogens (tertiary/aromatic N) is 1. The van der Waals surface area contributed by atoms with E-state index in [9.17, 15) is 4.79 Å². The fraction of sp³-hybridized carbons (Fsp3) is 0.158. The van der Waals surface area contributed by atoms with Gasteiger partial charge in [-0.05, 0) is 41.1 Å². The van der Waals surface area contributed by atoms with E-state index in [0.29, 0.717) is 28.1 Å². The summed E-state index contributed by atoms with van der Waals surface area (Å²) in [6, 6.07) is 11.2. The average molecular weight is 416 g/mol. The van der Waals surface area contributed by atoms with Crippen molar-refractivity contribution in [2.75, 3.05) is 13.7 Å². The molecule has 0 aliphatic carbocycles. The van der Waals surface area contributed by atoms with Crippen molar-refractivity contribution in [3.63, 3.8) is 0 Å². The summed E-state index contributed by atoms with van der Waals surface area (Å²) in [5, 5.41) is 5.09. The second-order valence-corrected chi connectivity index (χ2v) is 6.27. The monoisotopic (exact) mass is 415 g/mol. The standard InChI is InChI=1S/C19H18BrN3O3/c1-3-26-18-15(20)8-12(9-17(18)25-2)19(24)23-22-11-13-10-21-16-7-5-4-6-14(13)16/h4-11,21H,3H2,1-2H3,(H,23,24)/b22-11+. The number of aromatic amines is 1. The molecular formula is C19H18BrN3O3. The van der Waals surface area contributed by atoms with E-state index in [4.69, 9.17) is 9.47 Å². The summed E-state index contributed by atoms with van der Waals surface area (Å²) >= 11 is 3.41. The highest BCUT2D eigenvalue weighted by Gasteiger charge is 2.15. The van der Waals surface area contributed by atoms with Crippen LogP contribution in [0.4, 0.5) is 0 Å². The number of carbonyl (C=O) groups excluding carboxylic acids is 1. The summed E-state index contributed by atoms with van der Waals surface area (Å²) in [5.74, 6) is 0.698. The fourth-order valence-corrected chi connectivity index (χ4v) is 3.12. The first-order valence-corrected chi connectivity index (χ1v) is 8.83. The zero-order chi connectivity index (χ0) is 18.5. The van der Waals surface area contributed by atoms with Gasteiger partial charge in [0.15, 0.2) is 11.5 Å². The second-order valence-electron chi connectivity index (χ2n) is 5.41. The number of aromatic nitrogens is 1. The van der Waals surface area contributed by atoms with Crippen LogP contribution >= 0.6 is 15.9 Å². The molecule has 2 N–H and O–H groups in total. The predicted molar refractivity (Wildman–Crippen MR) is 105 cm³/mol. The number of amides is 1. The van der Waals surface area contributed by atoms with Gasteiger partial charge in [-0.25, -0.2) is 5.43 Å². The van der Waals surface area contributed by atoms with Gasteiger partial charge in [0.2, 0.25) is 0 Å². The van der Waals surface area contributed by atoms with Gasteiger partial charge in [0.25, 0.3) is 5.91 Å². The van der Waals surface area contributed by atoms with Crippen molar-refractivity contribution in [1.29, 1.82) is 0 Å². The maximum Gasteiger partial charge on any atom is 0.271 e. The van der Waals surface area contributed by atoms with Crippen LogP contribution in [0.15, 0.2) is 52.2 Å². The molecule has 0 saturated carbocycles. The molecule has 0 aliphatic heterocycles. The van der Waals surface area contributed by atoms with Crippen molar-refractivity contribution in [2.45, 2.75) is 6.92 Å². The Morgan fingerprint density at radius 3 is 2.92 bits per heavy atom. The normalized spacial score (nSPS) is 11.0. The Labute approximate surface area is 159 Å². The van der Waals surface area contributed by atoms with Crippen LogP contribution in [0.1, 0.15) is 22.8 Å². The van der Waals surface area contributed by atoms with Crippen molar-refractivity contribution >= 4 is 39.0 Å². The third kappa shape index (κ3) is 3.72. The summed E-state index contributed by atoms with van der Waals surface area (Å²) in [5.41, 5.74) is 4.85. The summed E-state index contributed by atoms with van der Waals surface area (Å²) in [4.78, 5) is 15.5. The Morgan fingerprint density at radius 1 is 1.35 bits per heavy atom. The van der Waals surface area contributed by atoms with Gasteiger partial charge in [0.05, 0.1) is 24.4 Å². The lowest BCUT2D eigenvalue weighted by atomic mass is 10.2. The Morgan fingerprint density at radius 2 is 2.15 bits per heavy atom. The molecule has 6 nitrogen and oxygen atoms in total. The van der Waals surface area contributed by atoms with E-state index in [2.05, 4.69) is 31.4 Å². The average Bonchev–Trinajstić information content (AvgIpc) is 3.06. The minimum atomic E-state index is -0.344. The zero-order valence-electron chi connectivity index (χ0n) is 14.4. The predicted octanol–water partition coefficient (Wildman–Crippen LogP) is 4.10. The molecular weight excluding hydrogens is 398 g/mol. The SMILES string of the molecule is CCOc1c(Br)cc(C(=O)N/N=C/c2c[nH]c3ccccc23)cc1OC. The highest BCUT2D eigenvalue weighted by Crippen LogP contribution is 2.36. The Kier molecular flexibility index (Phi) is 5.58. The van der Waals surface area contributed by atoms with Crippen LogP contribution in [0.2, 0.25) is 0 Å². The Bertz CT molecular complexity index is 966. The van der Waals surface area contributed by atoms with Crippen LogP contribution in [0, 0.1) is 0 Å². The molecule has 3 rings (SSSR count). The van der Waals surface area contributed by atoms with Crippen molar-refractivity contribution in [2.24, 2.45) is 5.10 Å². The molecule has 26 heavy (non-hydrogen) atoms. The maximum atomic E-state index is 12.4. The lowest BCUT2D eigenvalue weighted by molar-refractivity contribution is 0.0954. The largest absolute Gasteiger partial charge is 0.493 e. The molecule has 1 heterocycles. The van der Waals surface area contributed by atoms with Gasteiger partial charge < -0.3 is 14.5 Å². The molecule has 134 valence electrons. The van der Waals surface area contributed by atoms with Gasteiger partial charge in [0.1, 0.15) is 0 Å². The molecule has 1 amide bonds. The smallest absolute Gasteiger partial charge is 0.271 e. The van der Waals surface area contributed by atoms with Crippen molar-refractivity contribution in [1.82, 2.24) is 10.4 Å².